The smallest absolute Gasteiger partial charge is 0.267 e. The first-order chi connectivity index (χ1) is 10.8. The fourth-order valence-electron chi connectivity index (χ4n) is 2.21. The highest BCUT2D eigenvalue weighted by Gasteiger charge is 2.06. The van der Waals surface area contributed by atoms with Crippen molar-refractivity contribution < 1.29 is 4.79 Å². The van der Waals surface area contributed by atoms with E-state index in [9.17, 15) is 4.79 Å². The van der Waals surface area contributed by atoms with Gasteiger partial charge in [-0.1, -0.05) is 68.3 Å². The summed E-state index contributed by atoms with van der Waals surface area (Å²) in [5.41, 5.74) is 5.28. The number of unbranched alkanes of at least 4 members (excludes halogenated alkanes) is 2. The van der Waals surface area contributed by atoms with Crippen LogP contribution in [0.4, 0.5) is 0 Å². The highest BCUT2D eigenvalue weighted by atomic mass is 16.2. The molecule has 1 N–H and O–H groups in total. The molecule has 2 aromatic rings. The molecule has 2 aromatic carbocycles. The molecule has 2 rings (SSSR count). The second-order valence-corrected chi connectivity index (χ2v) is 5.19. The monoisotopic (exact) mass is 294 g/mol. The Morgan fingerprint density at radius 3 is 2.09 bits per heavy atom. The van der Waals surface area contributed by atoms with Gasteiger partial charge in [-0.05, 0) is 30.5 Å². The molecule has 0 aliphatic heterocycles. The maximum absolute atomic E-state index is 12.1. The van der Waals surface area contributed by atoms with Crippen molar-refractivity contribution in [2.24, 2.45) is 5.10 Å². The van der Waals surface area contributed by atoms with Crippen LogP contribution in [-0.2, 0) is 0 Å². The summed E-state index contributed by atoms with van der Waals surface area (Å²) in [6, 6.07) is 19.2. The molecule has 114 valence electrons. The molecule has 0 atom stereocenters. The molecule has 22 heavy (non-hydrogen) atoms. The molecule has 0 radical (unpaired) electrons. The van der Waals surface area contributed by atoms with E-state index < -0.39 is 0 Å². The molecular formula is C19H22N2O. The number of nitrogens with zero attached hydrogens (tertiary/aromatic N) is 1. The Morgan fingerprint density at radius 1 is 0.909 bits per heavy atom. The van der Waals surface area contributed by atoms with Crippen molar-refractivity contribution in [3.05, 3.63) is 71.8 Å². The van der Waals surface area contributed by atoms with E-state index >= 15 is 0 Å². The van der Waals surface area contributed by atoms with Crippen LogP contribution in [-0.4, -0.2) is 11.6 Å². The quantitative estimate of drug-likeness (QED) is 0.459. The van der Waals surface area contributed by atoms with Crippen LogP contribution >= 0.6 is 0 Å². The third kappa shape index (κ3) is 4.85. The number of nitrogens with one attached hydrogen (secondary N) is 1. The molecule has 0 aliphatic carbocycles. The number of hydrogen-bond acceptors (Lipinski definition) is 2. The lowest BCUT2D eigenvalue weighted by molar-refractivity contribution is 0.0955. The standard InChI is InChI=1S/C19H22N2O/c1-2-3-6-15-18(16-11-7-4-8-12-16)20-21-19(22)17-13-9-5-10-14-17/h4-5,7-14H,2-3,6,15H2,1H3,(H,21,22)/b20-18-. The zero-order valence-corrected chi connectivity index (χ0v) is 13.0. The maximum Gasteiger partial charge on any atom is 0.271 e. The molecule has 0 spiro atoms. The minimum atomic E-state index is -0.176. The number of carbonyl (C=O) groups excluding carboxylic acids is 1. The highest BCUT2D eigenvalue weighted by Crippen LogP contribution is 2.09. The van der Waals surface area contributed by atoms with Gasteiger partial charge in [-0.15, -0.1) is 0 Å². The van der Waals surface area contributed by atoms with Crippen molar-refractivity contribution in [3.8, 4) is 0 Å². The van der Waals surface area contributed by atoms with E-state index in [1.807, 2.05) is 48.5 Å². The van der Waals surface area contributed by atoms with E-state index in [1.54, 1.807) is 12.1 Å². The van der Waals surface area contributed by atoms with Crippen LogP contribution in [0.5, 0.6) is 0 Å². The van der Waals surface area contributed by atoms with Crippen LogP contribution in [0.15, 0.2) is 65.8 Å². The molecule has 1 amide bonds. The average molecular weight is 294 g/mol. The number of rotatable bonds is 7. The minimum Gasteiger partial charge on any atom is -0.267 e. The summed E-state index contributed by atoms with van der Waals surface area (Å²) in [4.78, 5) is 12.1. The third-order valence-corrected chi connectivity index (χ3v) is 3.45. The van der Waals surface area contributed by atoms with Gasteiger partial charge in [0.15, 0.2) is 0 Å². The van der Waals surface area contributed by atoms with E-state index in [0.717, 1.165) is 24.1 Å². The lowest BCUT2D eigenvalue weighted by Gasteiger charge is -2.07. The second kappa shape index (κ2) is 8.78. The fraction of sp³-hybridized carbons (Fsp3) is 0.263. The Balaban J connectivity index is 2.09. The minimum absolute atomic E-state index is 0.176. The molecule has 0 heterocycles. The second-order valence-electron chi connectivity index (χ2n) is 5.19. The summed E-state index contributed by atoms with van der Waals surface area (Å²) in [7, 11) is 0. The van der Waals surface area contributed by atoms with Gasteiger partial charge in [-0.2, -0.15) is 5.10 Å². The number of hydrogen-bond donors (Lipinski definition) is 1. The van der Waals surface area contributed by atoms with Crippen LogP contribution in [0, 0.1) is 0 Å². The molecule has 0 saturated carbocycles. The molecule has 0 bridgehead atoms. The van der Waals surface area contributed by atoms with Gasteiger partial charge < -0.3 is 0 Å². The first-order valence-electron chi connectivity index (χ1n) is 7.78. The molecule has 0 fully saturated rings. The zero-order valence-electron chi connectivity index (χ0n) is 13.0. The van der Waals surface area contributed by atoms with Gasteiger partial charge in [0.1, 0.15) is 0 Å². The van der Waals surface area contributed by atoms with Crippen molar-refractivity contribution >= 4 is 11.6 Å². The molecule has 3 nitrogen and oxygen atoms in total. The van der Waals surface area contributed by atoms with Gasteiger partial charge >= 0.3 is 0 Å². The molecule has 3 heteroatoms. The number of hydrazone groups is 1. The molecule has 0 saturated heterocycles. The average Bonchev–Trinajstić information content (AvgIpc) is 2.59. The van der Waals surface area contributed by atoms with Gasteiger partial charge in [0.25, 0.3) is 5.91 Å². The highest BCUT2D eigenvalue weighted by molar-refractivity contribution is 6.02. The van der Waals surface area contributed by atoms with Crippen LogP contribution in [0.3, 0.4) is 0 Å². The maximum atomic E-state index is 12.1. The summed E-state index contributed by atoms with van der Waals surface area (Å²) < 4.78 is 0. The van der Waals surface area contributed by atoms with E-state index in [4.69, 9.17) is 0 Å². The summed E-state index contributed by atoms with van der Waals surface area (Å²) in [5, 5.41) is 4.36. The Bertz CT molecular complexity index is 606. The molecule has 0 aliphatic rings. The Labute approximate surface area is 132 Å². The Kier molecular flexibility index (Phi) is 6.37. The van der Waals surface area contributed by atoms with Crippen LogP contribution in [0.2, 0.25) is 0 Å². The number of carbonyl (C=O) groups is 1. The van der Waals surface area contributed by atoms with Crippen LogP contribution in [0.1, 0.15) is 48.5 Å². The predicted octanol–water partition coefficient (Wildman–Crippen LogP) is 4.40. The van der Waals surface area contributed by atoms with Gasteiger partial charge in [0.05, 0.1) is 5.71 Å². The van der Waals surface area contributed by atoms with Crippen LogP contribution < -0.4 is 5.43 Å². The fourth-order valence-corrected chi connectivity index (χ4v) is 2.21. The van der Waals surface area contributed by atoms with Gasteiger partial charge in [-0.3, -0.25) is 4.79 Å². The number of benzene rings is 2. The largest absolute Gasteiger partial charge is 0.271 e. The molecule has 0 unspecified atom stereocenters. The van der Waals surface area contributed by atoms with Crippen molar-refractivity contribution in [3.63, 3.8) is 0 Å². The van der Waals surface area contributed by atoms with E-state index in [1.165, 1.54) is 12.8 Å². The van der Waals surface area contributed by atoms with E-state index in [0.29, 0.717) is 5.56 Å². The predicted molar refractivity (Wildman–Crippen MR) is 91.0 cm³/mol. The summed E-state index contributed by atoms with van der Waals surface area (Å²) in [5.74, 6) is -0.176. The van der Waals surface area contributed by atoms with Crippen molar-refractivity contribution in [2.75, 3.05) is 0 Å². The van der Waals surface area contributed by atoms with E-state index in [2.05, 4.69) is 17.5 Å². The third-order valence-electron chi connectivity index (χ3n) is 3.45. The lowest BCUT2D eigenvalue weighted by atomic mass is 10.0. The first kappa shape index (κ1) is 16.0. The summed E-state index contributed by atoms with van der Waals surface area (Å²) >= 11 is 0. The Hall–Kier alpha value is -2.42. The van der Waals surface area contributed by atoms with Gasteiger partial charge in [-0.25, -0.2) is 5.43 Å². The van der Waals surface area contributed by atoms with Crippen molar-refractivity contribution in [2.45, 2.75) is 32.6 Å². The van der Waals surface area contributed by atoms with Crippen molar-refractivity contribution in [1.82, 2.24) is 5.43 Å². The van der Waals surface area contributed by atoms with Gasteiger partial charge in [0.2, 0.25) is 0 Å². The van der Waals surface area contributed by atoms with Gasteiger partial charge in [0, 0.05) is 5.56 Å². The first-order valence-corrected chi connectivity index (χ1v) is 7.78. The lowest BCUT2D eigenvalue weighted by Crippen LogP contribution is -2.20. The summed E-state index contributed by atoms with van der Waals surface area (Å²) in [6.07, 6.45) is 4.27. The Morgan fingerprint density at radius 2 is 1.50 bits per heavy atom. The molecular weight excluding hydrogens is 272 g/mol. The van der Waals surface area contributed by atoms with Crippen molar-refractivity contribution in [1.29, 1.82) is 0 Å². The normalized spacial score (nSPS) is 11.2. The van der Waals surface area contributed by atoms with E-state index in [-0.39, 0.29) is 5.91 Å². The van der Waals surface area contributed by atoms with Crippen LogP contribution in [0.25, 0.3) is 0 Å². The number of amides is 1. The summed E-state index contributed by atoms with van der Waals surface area (Å²) in [6.45, 7) is 2.18. The zero-order chi connectivity index (χ0) is 15.6. The topological polar surface area (TPSA) is 41.5 Å². The SMILES string of the molecule is CCCCC/C(=N/NC(=O)c1ccccc1)c1ccccc1. The molecule has 0 aromatic heterocycles.